The second-order valence-electron chi connectivity index (χ2n) is 5.66. The Balaban J connectivity index is 2.00. The zero-order valence-corrected chi connectivity index (χ0v) is 15.0. The van der Waals surface area contributed by atoms with Crippen LogP contribution in [0.25, 0.3) is 11.1 Å². The van der Waals surface area contributed by atoms with Gasteiger partial charge in [0.05, 0.1) is 5.69 Å². The number of pyridine rings is 1. The second-order valence-corrected chi connectivity index (χ2v) is 7.08. The van der Waals surface area contributed by atoms with Gasteiger partial charge in [-0.25, -0.2) is 9.37 Å². The second kappa shape index (κ2) is 7.40. The smallest absolute Gasteiger partial charge is 0.177 e. The fraction of sp³-hybridized carbons (Fsp3) is 0.294. The molecule has 0 saturated heterocycles. The first-order chi connectivity index (χ1) is 12.0. The predicted octanol–water partition coefficient (Wildman–Crippen LogP) is 4.25. The van der Waals surface area contributed by atoms with Crippen molar-refractivity contribution in [2.75, 3.05) is 5.32 Å². The van der Waals surface area contributed by atoms with Crippen molar-refractivity contribution < 1.29 is 8.81 Å². The van der Waals surface area contributed by atoms with Crippen molar-refractivity contribution in [1.82, 2.24) is 4.98 Å². The van der Waals surface area contributed by atoms with Crippen LogP contribution in [0.15, 0.2) is 28.0 Å². The molecule has 0 saturated carbocycles. The number of nitriles is 1. The van der Waals surface area contributed by atoms with E-state index in [9.17, 15) is 9.65 Å². The Morgan fingerprint density at radius 3 is 3.00 bits per heavy atom. The summed E-state index contributed by atoms with van der Waals surface area (Å²) in [6.45, 7) is 1.97. The summed E-state index contributed by atoms with van der Waals surface area (Å²) >= 11 is 7.72. The summed E-state index contributed by atoms with van der Waals surface area (Å²) in [4.78, 5) is 5.34. The molecule has 130 valence electrons. The number of nitrogens with zero attached hydrogens (tertiary/aromatic N) is 2. The molecule has 0 aromatic carbocycles. The highest BCUT2D eigenvalue weighted by Crippen LogP contribution is 2.33. The number of anilines is 1. The molecule has 0 bridgehead atoms. The number of rotatable bonds is 6. The summed E-state index contributed by atoms with van der Waals surface area (Å²) in [6, 6.07) is 6.93. The number of hydrogen-bond donors (Lipinski definition) is 2. The fourth-order valence-electron chi connectivity index (χ4n) is 2.44. The van der Waals surface area contributed by atoms with Crippen LogP contribution in [0, 0.1) is 11.3 Å². The molecule has 8 heteroatoms. The zero-order valence-electron chi connectivity index (χ0n) is 13.4. The van der Waals surface area contributed by atoms with E-state index >= 15 is 0 Å². The molecule has 25 heavy (non-hydrogen) atoms. The van der Waals surface area contributed by atoms with Crippen molar-refractivity contribution in [3.63, 3.8) is 0 Å². The molecule has 3 rings (SSSR count). The number of hydrogen-bond acceptors (Lipinski definition) is 6. The maximum absolute atomic E-state index is 13.4. The van der Waals surface area contributed by atoms with Crippen LogP contribution in [0.2, 0.25) is 5.15 Å². The van der Waals surface area contributed by atoms with Crippen molar-refractivity contribution >= 4 is 39.7 Å². The van der Waals surface area contributed by atoms with Gasteiger partial charge in [-0.2, -0.15) is 5.26 Å². The van der Waals surface area contributed by atoms with E-state index in [1.165, 1.54) is 6.92 Å². The van der Waals surface area contributed by atoms with Gasteiger partial charge in [0.15, 0.2) is 5.58 Å². The van der Waals surface area contributed by atoms with E-state index in [2.05, 4.69) is 16.4 Å². The Hall–Kier alpha value is -2.14. The zero-order chi connectivity index (χ0) is 18.0. The minimum Gasteiger partial charge on any atom is -0.456 e. The summed E-state index contributed by atoms with van der Waals surface area (Å²) in [5.74, 6) is 0.323. The molecule has 2 atom stereocenters. The van der Waals surface area contributed by atoms with E-state index in [0.717, 1.165) is 4.88 Å². The molecular weight excluding hydrogens is 363 g/mol. The van der Waals surface area contributed by atoms with Gasteiger partial charge in [-0.05, 0) is 18.4 Å². The van der Waals surface area contributed by atoms with Crippen LogP contribution < -0.4 is 11.1 Å². The number of aromatic nitrogens is 1. The first kappa shape index (κ1) is 17.7. The van der Waals surface area contributed by atoms with Gasteiger partial charge in [-0.3, -0.25) is 0 Å². The summed E-state index contributed by atoms with van der Waals surface area (Å²) in [5.41, 5.74) is 7.44. The summed E-state index contributed by atoms with van der Waals surface area (Å²) in [5, 5.41) is 15.0. The number of alkyl halides is 1. The molecule has 0 spiro atoms. The van der Waals surface area contributed by atoms with Crippen LogP contribution in [0.5, 0.6) is 0 Å². The van der Waals surface area contributed by atoms with Crippen molar-refractivity contribution in [3.05, 3.63) is 44.9 Å². The van der Waals surface area contributed by atoms with Gasteiger partial charge >= 0.3 is 0 Å². The standard InChI is InChI=1S/C17H16ClFN4OS/c1-9(19)12(21)5-14-11(7-20)16-17(24-14)13(6-15(18)23-16)22-8-10-3-2-4-25-10/h2-4,6,9,12H,5,8,21H2,1H3,(H,22,23)/t9-,12+/m0/s1. The molecule has 0 fully saturated rings. The first-order valence-electron chi connectivity index (χ1n) is 7.67. The molecular formula is C17H16ClFN4OS. The molecule has 3 aromatic rings. The van der Waals surface area contributed by atoms with Gasteiger partial charge in [0.25, 0.3) is 0 Å². The summed E-state index contributed by atoms with van der Waals surface area (Å²) in [7, 11) is 0. The normalized spacial score (nSPS) is 13.6. The average molecular weight is 379 g/mol. The third-order valence-electron chi connectivity index (χ3n) is 3.84. The molecule has 0 aliphatic heterocycles. The highest BCUT2D eigenvalue weighted by atomic mass is 35.5. The summed E-state index contributed by atoms with van der Waals surface area (Å²) in [6.07, 6.45) is -1.11. The van der Waals surface area contributed by atoms with Crippen molar-refractivity contribution in [3.8, 4) is 6.07 Å². The van der Waals surface area contributed by atoms with Gasteiger partial charge in [-0.1, -0.05) is 17.7 Å². The van der Waals surface area contributed by atoms with Crippen LogP contribution in [0.3, 0.4) is 0 Å². The molecule has 0 radical (unpaired) electrons. The van der Waals surface area contributed by atoms with Crippen LogP contribution in [-0.2, 0) is 13.0 Å². The van der Waals surface area contributed by atoms with E-state index in [-0.39, 0.29) is 17.1 Å². The van der Waals surface area contributed by atoms with Crippen molar-refractivity contribution in [2.24, 2.45) is 5.73 Å². The van der Waals surface area contributed by atoms with E-state index in [4.69, 9.17) is 21.8 Å². The lowest BCUT2D eigenvalue weighted by Crippen LogP contribution is -2.31. The third-order valence-corrected chi connectivity index (χ3v) is 4.91. The first-order valence-corrected chi connectivity index (χ1v) is 8.93. The number of thiophene rings is 1. The van der Waals surface area contributed by atoms with E-state index in [1.807, 2.05) is 17.5 Å². The van der Waals surface area contributed by atoms with Gasteiger partial charge in [0.2, 0.25) is 0 Å². The minimum absolute atomic E-state index is 0.110. The van der Waals surface area contributed by atoms with Crippen LogP contribution in [0.1, 0.15) is 23.1 Å². The Kier molecular flexibility index (Phi) is 5.23. The number of nitrogens with two attached hydrogens (primary N) is 1. The largest absolute Gasteiger partial charge is 0.456 e. The third kappa shape index (κ3) is 3.76. The number of fused-ring (bicyclic) bond motifs is 1. The average Bonchev–Trinajstić information content (AvgIpc) is 3.19. The monoisotopic (exact) mass is 378 g/mol. The number of furan rings is 1. The topological polar surface area (TPSA) is 87.9 Å². The molecule has 0 amide bonds. The van der Waals surface area contributed by atoms with E-state index in [0.29, 0.717) is 29.1 Å². The SMILES string of the molecule is C[C@H](F)[C@H](N)Cc1oc2c(NCc3cccs3)cc(Cl)nc2c1C#N. The van der Waals surface area contributed by atoms with Gasteiger partial charge in [0, 0.05) is 30.0 Å². The Labute approximate surface area is 153 Å². The molecule has 3 heterocycles. The van der Waals surface area contributed by atoms with E-state index in [1.54, 1.807) is 17.4 Å². The maximum Gasteiger partial charge on any atom is 0.177 e. The Morgan fingerprint density at radius 1 is 1.56 bits per heavy atom. The van der Waals surface area contributed by atoms with Crippen molar-refractivity contribution in [2.45, 2.75) is 32.1 Å². The highest BCUT2D eigenvalue weighted by molar-refractivity contribution is 7.09. The fourth-order valence-corrected chi connectivity index (χ4v) is 3.28. The van der Waals surface area contributed by atoms with Gasteiger partial charge in [-0.15, -0.1) is 11.3 Å². The lowest BCUT2D eigenvalue weighted by Gasteiger charge is -2.10. The number of halogens is 2. The van der Waals surface area contributed by atoms with Crippen LogP contribution >= 0.6 is 22.9 Å². The lowest BCUT2D eigenvalue weighted by atomic mass is 10.1. The molecule has 0 aliphatic carbocycles. The summed E-state index contributed by atoms with van der Waals surface area (Å²) < 4.78 is 19.2. The maximum atomic E-state index is 13.4. The lowest BCUT2D eigenvalue weighted by molar-refractivity contribution is 0.296. The molecule has 5 nitrogen and oxygen atoms in total. The van der Waals surface area contributed by atoms with Gasteiger partial charge in [0.1, 0.15) is 34.2 Å². The molecule has 3 aromatic heterocycles. The van der Waals surface area contributed by atoms with E-state index < -0.39 is 12.2 Å². The predicted molar refractivity (Wildman–Crippen MR) is 97.6 cm³/mol. The highest BCUT2D eigenvalue weighted by Gasteiger charge is 2.23. The van der Waals surface area contributed by atoms with Crippen molar-refractivity contribution in [1.29, 1.82) is 5.26 Å². The Bertz CT molecular complexity index is 917. The van der Waals surface area contributed by atoms with Crippen LogP contribution in [0.4, 0.5) is 10.1 Å². The van der Waals surface area contributed by atoms with Gasteiger partial charge < -0.3 is 15.5 Å². The molecule has 0 unspecified atom stereocenters. The Morgan fingerprint density at radius 2 is 2.36 bits per heavy atom. The molecule has 0 aliphatic rings. The van der Waals surface area contributed by atoms with Crippen LogP contribution in [-0.4, -0.2) is 17.2 Å². The molecule has 3 N–H and O–H groups in total. The quantitative estimate of drug-likeness (QED) is 0.626. The number of nitrogens with one attached hydrogen (secondary N) is 1. The minimum atomic E-state index is -1.22.